The van der Waals surface area contributed by atoms with Crippen molar-refractivity contribution in [2.24, 2.45) is 4.99 Å². The van der Waals surface area contributed by atoms with Gasteiger partial charge in [-0.15, -0.1) is 0 Å². The number of hydrogen-bond acceptors (Lipinski definition) is 3. The second kappa shape index (κ2) is 5.56. The number of esters is 1. The maximum Gasteiger partial charge on any atom is 0.363 e. The standard InChI is InChI=1S/C18H14FNO2/c1-11-6-12(2)8-14(7-11)17-20-16(18(21)22-17)10-13-4-3-5-15(19)9-13/h3-10H,1-2H3/b16-10-. The smallest absolute Gasteiger partial charge is 0.363 e. The van der Waals surface area contributed by atoms with Crippen LogP contribution in [0.1, 0.15) is 22.3 Å². The van der Waals surface area contributed by atoms with Crippen LogP contribution in [0.2, 0.25) is 0 Å². The molecule has 1 aliphatic heterocycles. The lowest BCUT2D eigenvalue weighted by Crippen LogP contribution is -2.05. The van der Waals surface area contributed by atoms with E-state index in [9.17, 15) is 9.18 Å². The first-order valence-corrected chi connectivity index (χ1v) is 6.88. The summed E-state index contributed by atoms with van der Waals surface area (Å²) in [6.45, 7) is 3.94. The SMILES string of the molecule is Cc1cc(C)cc(C2=N/C(=C\c3cccc(F)c3)C(=O)O2)c1. The summed E-state index contributed by atoms with van der Waals surface area (Å²) in [5.74, 6) is -0.614. The molecule has 0 bridgehead atoms. The summed E-state index contributed by atoms with van der Waals surface area (Å²) in [4.78, 5) is 16.1. The zero-order valence-electron chi connectivity index (χ0n) is 12.3. The molecule has 2 aromatic rings. The number of aliphatic imine (C=N–C) groups is 1. The van der Waals surface area contributed by atoms with Crippen LogP contribution in [0.15, 0.2) is 53.2 Å². The van der Waals surface area contributed by atoms with E-state index in [4.69, 9.17) is 4.74 Å². The predicted octanol–water partition coefficient (Wildman–Crippen LogP) is 3.79. The van der Waals surface area contributed by atoms with Gasteiger partial charge in [-0.2, -0.15) is 0 Å². The van der Waals surface area contributed by atoms with Crippen LogP contribution in [0, 0.1) is 19.7 Å². The van der Waals surface area contributed by atoms with Crippen molar-refractivity contribution in [1.29, 1.82) is 0 Å². The van der Waals surface area contributed by atoms with E-state index in [1.165, 1.54) is 18.2 Å². The van der Waals surface area contributed by atoms with Crippen LogP contribution < -0.4 is 0 Å². The molecule has 0 amide bonds. The highest BCUT2D eigenvalue weighted by Gasteiger charge is 2.24. The van der Waals surface area contributed by atoms with Crippen LogP contribution >= 0.6 is 0 Å². The van der Waals surface area contributed by atoms with Crippen molar-refractivity contribution in [3.63, 3.8) is 0 Å². The molecule has 0 saturated heterocycles. The van der Waals surface area contributed by atoms with Gasteiger partial charge < -0.3 is 4.74 Å². The van der Waals surface area contributed by atoms with Gasteiger partial charge in [0.25, 0.3) is 0 Å². The van der Waals surface area contributed by atoms with Crippen molar-refractivity contribution >= 4 is 17.9 Å². The predicted molar refractivity (Wildman–Crippen MR) is 82.9 cm³/mol. The quantitative estimate of drug-likeness (QED) is 0.624. The fraction of sp³-hybridized carbons (Fsp3) is 0.111. The Labute approximate surface area is 127 Å². The average molecular weight is 295 g/mol. The summed E-state index contributed by atoms with van der Waals surface area (Å²) in [7, 11) is 0. The van der Waals surface area contributed by atoms with Crippen molar-refractivity contribution in [2.45, 2.75) is 13.8 Å². The monoisotopic (exact) mass is 295 g/mol. The molecule has 110 valence electrons. The second-order valence-corrected chi connectivity index (χ2v) is 5.27. The average Bonchev–Trinajstić information content (AvgIpc) is 2.79. The number of aryl methyl sites for hydroxylation is 2. The molecule has 1 aliphatic rings. The maximum absolute atomic E-state index is 13.2. The second-order valence-electron chi connectivity index (χ2n) is 5.27. The van der Waals surface area contributed by atoms with E-state index in [2.05, 4.69) is 4.99 Å². The number of nitrogens with zero attached hydrogens (tertiary/aromatic N) is 1. The summed E-state index contributed by atoms with van der Waals surface area (Å²) in [5.41, 5.74) is 3.62. The molecule has 0 fully saturated rings. The molecule has 4 heteroatoms. The number of benzene rings is 2. The van der Waals surface area contributed by atoms with Gasteiger partial charge in [0.05, 0.1) is 0 Å². The Hall–Kier alpha value is -2.75. The highest BCUT2D eigenvalue weighted by atomic mass is 19.1. The third-order valence-electron chi connectivity index (χ3n) is 3.24. The molecule has 3 nitrogen and oxygen atoms in total. The minimum Gasteiger partial charge on any atom is -0.402 e. The molecule has 0 saturated carbocycles. The van der Waals surface area contributed by atoms with Gasteiger partial charge in [0.1, 0.15) is 5.82 Å². The molecule has 0 atom stereocenters. The Morgan fingerprint density at radius 2 is 1.82 bits per heavy atom. The number of carbonyl (C=O) groups is 1. The number of rotatable bonds is 2. The van der Waals surface area contributed by atoms with E-state index in [1.54, 1.807) is 12.1 Å². The van der Waals surface area contributed by atoms with E-state index in [0.29, 0.717) is 5.56 Å². The fourth-order valence-corrected chi connectivity index (χ4v) is 2.39. The van der Waals surface area contributed by atoms with Gasteiger partial charge in [-0.05, 0) is 49.8 Å². The van der Waals surface area contributed by atoms with Gasteiger partial charge in [0, 0.05) is 5.56 Å². The summed E-state index contributed by atoms with van der Waals surface area (Å²) < 4.78 is 18.4. The molecule has 0 aromatic heterocycles. The molecule has 1 heterocycles. The molecule has 3 rings (SSSR count). The molecule has 0 aliphatic carbocycles. The van der Waals surface area contributed by atoms with Gasteiger partial charge >= 0.3 is 5.97 Å². The lowest BCUT2D eigenvalue weighted by molar-refractivity contribution is -0.129. The Bertz CT molecular complexity index is 801. The first kappa shape index (κ1) is 14.2. The van der Waals surface area contributed by atoms with Gasteiger partial charge in [-0.3, -0.25) is 0 Å². The topological polar surface area (TPSA) is 38.7 Å². The molecule has 0 radical (unpaired) electrons. The van der Waals surface area contributed by atoms with Gasteiger partial charge in [0.2, 0.25) is 5.90 Å². The largest absolute Gasteiger partial charge is 0.402 e. The van der Waals surface area contributed by atoms with Crippen molar-refractivity contribution in [2.75, 3.05) is 0 Å². The number of carbonyl (C=O) groups excluding carboxylic acids is 1. The van der Waals surface area contributed by atoms with Crippen LogP contribution in [0.5, 0.6) is 0 Å². The molecule has 22 heavy (non-hydrogen) atoms. The van der Waals surface area contributed by atoms with Crippen LogP contribution in [-0.4, -0.2) is 11.9 Å². The minimum atomic E-state index is -0.529. The van der Waals surface area contributed by atoms with Crippen molar-refractivity contribution < 1.29 is 13.9 Å². The van der Waals surface area contributed by atoms with E-state index in [1.807, 2.05) is 32.0 Å². The lowest BCUT2D eigenvalue weighted by Gasteiger charge is -2.03. The number of ether oxygens (including phenoxy) is 1. The molecule has 0 unspecified atom stereocenters. The van der Waals surface area contributed by atoms with Crippen molar-refractivity contribution in [3.05, 3.63) is 76.2 Å². The Morgan fingerprint density at radius 1 is 1.09 bits per heavy atom. The zero-order chi connectivity index (χ0) is 15.7. The summed E-state index contributed by atoms with van der Waals surface area (Å²) in [6, 6.07) is 11.8. The normalized spacial score (nSPS) is 15.9. The van der Waals surface area contributed by atoms with Gasteiger partial charge in [-0.25, -0.2) is 14.2 Å². The summed E-state index contributed by atoms with van der Waals surface area (Å²) in [6.07, 6.45) is 1.51. The summed E-state index contributed by atoms with van der Waals surface area (Å²) in [5, 5.41) is 0. The van der Waals surface area contributed by atoms with Crippen molar-refractivity contribution in [1.82, 2.24) is 0 Å². The minimum absolute atomic E-state index is 0.166. The zero-order valence-corrected chi connectivity index (χ0v) is 12.3. The Morgan fingerprint density at radius 3 is 2.50 bits per heavy atom. The Kier molecular flexibility index (Phi) is 3.59. The third kappa shape index (κ3) is 2.96. The lowest BCUT2D eigenvalue weighted by atomic mass is 10.1. The van der Waals surface area contributed by atoms with Gasteiger partial charge in [-0.1, -0.05) is 29.3 Å². The number of hydrogen-bond donors (Lipinski definition) is 0. The molecule has 0 N–H and O–H groups in total. The summed E-state index contributed by atoms with van der Waals surface area (Å²) >= 11 is 0. The van der Waals surface area contributed by atoms with Gasteiger partial charge in [0.15, 0.2) is 5.70 Å². The highest BCUT2D eigenvalue weighted by Crippen LogP contribution is 2.20. The molecular formula is C18H14FNO2. The van der Waals surface area contributed by atoms with Crippen LogP contribution in [-0.2, 0) is 9.53 Å². The third-order valence-corrected chi connectivity index (χ3v) is 3.24. The van der Waals surface area contributed by atoms with Crippen LogP contribution in [0.25, 0.3) is 6.08 Å². The highest BCUT2D eigenvalue weighted by molar-refractivity contribution is 6.12. The fourth-order valence-electron chi connectivity index (χ4n) is 2.39. The number of cyclic esters (lactones) is 1. The first-order chi connectivity index (χ1) is 10.5. The number of halogens is 1. The van der Waals surface area contributed by atoms with E-state index >= 15 is 0 Å². The molecule has 2 aromatic carbocycles. The Balaban J connectivity index is 1.97. The van der Waals surface area contributed by atoms with E-state index in [-0.39, 0.29) is 17.4 Å². The van der Waals surface area contributed by atoms with E-state index < -0.39 is 5.97 Å². The van der Waals surface area contributed by atoms with Crippen molar-refractivity contribution in [3.8, 4) is 0 Å². The van der Waals surface area contributed by atoms with Crippen LogP contribution in [0.4, 0.5) is 4.39 Å². The van der Waals surface area contributed by atoms with Crippen LogP contribution in [0.3, 0.4) is 0 Å². The first-order valence-electron chi connectivity index (χ1n) is 6.88. The molecular weight excluding hydrogens is 281 g/mol. The molecule has 0 spiro atoms. The maximum atomic E-state index is 13.2. The van der Waals surface area contributed by atoms with E-state index in [0.717, 1.165) is 16.7 Å².